The molecular weight excluding hydrogens is 434 g/mol. The zero-order valence-corrected chi connectivity index (χ0v) is 19.6. The smallest absolute Gasteiger partial charge is 0.237 e. The number of carbonyl (C=O) groups is 1. The molecule has 0 saturated carbocycles. The molecule has 2 aliphatic heterocycles. The van der Waals surface area contributed by atoms with E-state index < -0.39 is 0 Å². The lowest BCUT2D eigenvalue weighted by Crippen LogP contribution is -2.44. The van der Waals surface area contributed by atoms with Crippen LogP contribution in [0.25, 0.3) is 11.5 Å². The second-order valence-electron chi connectivity index (χ2n) is 8.76. The lowest BCUT2D eigenvalue weighted by atomic mass is 9.96. The van der Waals surface area contributed by atoms with E-state index in [1.54, 1.807) is 20.4 Å². The van der Waals surface area contributed by atoms with Gasteiger partial charge in [-0.25, -0.2) is 0 Å². The predicted molar refractivity (Wildman–Crippen MR) is 125 cm³/mol. The number of likely N-dealkylation sites (tertiary alicyclic amines) is 1. The zero-order chi connectivity index (χ0) is 23.5. The number of piperidine rings is 1. The van der Waals surface area contributed by atoms with Crippen LogP contribution in [0.4, 0.5) is 0 Å². The molecule has 1 aromatic carbocycles. The third-order valence-electron chi connectivity index (χ3n) is 6.70. The van der Waals surface area contributed by atoms with Crippen molar-refractivity contribution in [3.63, 3.8) is 0 Å². The number of fused-ring (bicyclic) bond motifs is 1. The first-order chi connectivity index (χ1) is 16.6. The average molecular weight is 464 g/mol. The number of methoxy groups -OCH3 is 2. The summed E-state index contributed by atoms with van der Waals surface area (Å²) in [6, 6.07) is 9.65. The molecule has 0 spiro atoms. The van der Waals surface area contributed by atoms with Crippen LogP contribution in [0.5, 0.6) is 11.5 Å². The van der Waals surface area contributed by atoms with E-state index in [1.165, 1.54) is 5.56 Å². The third kappa shape index (κ3) is 4.61. The summed E-state index contributed by atoms with van der Waals surface area (Å²) in [7, 11) is 3.28. The van der Waals surface area contributed by atoms with Crippen LogP contribution in [0.15, 0.2) is 41.1 Å². The highest BCUT2D eigenvalue weighted by Crippen LogP contribution is 2.33. The van der Waals surface area contributed by atoms with Gasteiger partial charge in [0.15, 0.2) is 11.5 Å². The van der Waals surface area contributed by atoms with E-state index in [0.29, 0.717) is 36.2 Å². The van der Waals surface area contributed by atoms with Gasteiger partial charge in [0.1, 0.15) is 5.69 Å². The van der Waals surface area contributed by atoms with Gasteiger partial charge >= 0.3 is 0 Å². The number of carbonyl (C=O) groups excluding carboxylic acids is 1. The van der Waals surface area contributed by atoms with E-state index in [2.05, 4.69) is 20.0 Å². The highest BCUT2D eigenvalue weighted by Gasteiger charge is 2.29. The molecule has 34 heavy (non-hydrogen) atoms. The highest BCUT2D eigenvalue weighted by molar-refractivity contribution is 5.78. The molecule has 0 atom stereocenters. The van der Waals surface area contributed by atoms with Gasteiger partial charge in [-0.15, -0.1) is 0 Å². The Morgan fingerprint density at radius 1 is 1.09 bits per heavy atom. The molecule has 5 rings (SSSR count). The second kappa shape index (κ2) is 9.80. The first-order valence-corrected chi connectivity index (χ1v) is 11.6. The van der Waals surface area contributed by atoms with E-state index in [9.17, 15) is 4.79 Å². The molecule has 2 aliphatic rings. The lowest BCUT2D eigenvalue weighted by molar-refractivity contribution is -0.133. The van der Waals surface area contributed by atoms with Crippen LogP contribution in [0.3, 0.4) is 0 Å². The molecule has 0 radical (unpaired) electrons. The van der Waals surface area contributed by atoms with E-state index in [-0.39, 0.29) is 11.8 Å². The monoisotopic (exact) mass is 463 g/mol. The fourth-order valence-electron chi connectivity index (χ4n) is 4.73. The van der Waals surface area contributed by atoms with Crippen LogP contribution in [0.1, 0.15) is 35.8 Å². The summed E-state index contributed by atoms with van der Waals surface area (Å²) in [5, 5.41) is 4.09. The number of benzene rings is 1. The van der Waals surface area contributed by atoms with Gasteiger partial charge in [-0.1, -0.05) is 11.2 Å². The van der Waals surface area contributed by atoms with Gasteiger partial charge in [-0.2, -0.15) is 4.98 Å². The summed E-state index contributed by atoms with van der Waals surface area (Å²) in [6.45, 7) is 3.40. The number of hydrogen-bond acceptors (Lipinski definition) is 8. The highest BCUT2D eigenvalue weighted by atomic mass is 16.5. The number of rotatable bonds is 6. The molecule has 0 N–H and O–H groups in total. The Balaban J connectivity index is 1.15. The van der Waals surface area contributed by atoms with E-state index in [1.807, 2.05) is 35.2 Å². The van der Waals surface area contributed by atoms with Gasteiger partial charge in [-0.3, -0.25) is 14.7 Å². The molecule has 178 valence electrons. The Morgan fingerprint density at radius 2 is 1.85 bits per heavy atom. The molecule has 0 unspecified atom stereocenters. The SMILES string of the molecule is COc1cc2c(cc1OC)CN(C(=O)CN1CCC(c3nc(-c4ccccn4)no3)CC1)CC2. The van der Waals surface area contributed by atoms with Crippen molar-refractivity contribution >= 4 is 5.91 Å². The molecule has 0 aliphatic carbocycles. The Labute approximate surface area is 198 Å². The summed E-state index contributed by atoms with van der Waals surface area (Å²) >= 11 is 0. The largest absolute Gasteiger partial charge is 0.493 e. The molecule has 1 saturated heterocycles. The Kier molecular flexibility index (Phi) is 6.44. The van der Waals surface area contributed by atoms with Crippen LogP contribution < -0.4 is 9.47 Å². The van der Waals surface area contributed by atoms with Gasteiger partial charge in [0.25, 0.3) is 0 Å². The number of aromatic nitrogens is 3. The normalized spacial score (nSPS) is 16.8. The van der Waals surface area contributed by atoms with Crippen molar-refractivity contribution in [2.24, 2.45) is 0 Å². The summed E-state index contributed by atoms with van der Waals surface area (Å²) in [5.74, 6) is 2.98. The Hall–Kier alpha value is -3.46. The van der Waals surface area contributed by atoms with Crippen LogP contribution in [0, 0.1) is 0 Å². The Morgan fingerprint density at radius 3 is 2.56 bits per heavy atom. The first kappa shape index (κ1) is 22.3. The van der Waals surface area contributed by atoms with Crippen molar-refractivity contribution in [2.75, 3.05) is 40.4 Å². The van der Waals surface area contributed by atoms with Crippen LogP contribution in [-0.2, 0) is 17.8 Å². The maximum atomic E-state index is 13.0. The molecule has 9 nitrogen and oxygen atoms in total. The van der Waals surface area contributed by atoms with E-state index in [4.69, 9.17) is 14.0 Å². The van der Waals surface area contributed by atoms with Crippen LogP contribution >= 0.6 is 0 Å². The van der Waals surface area contributed by atoms with E-state index >= 15 is 0 Å². The number of amides is 1. The molecule has 1 amide bonds. The molecule has 0 bridgehead atoms. The van der Waals surface area contributed by atoms with Gasteiger partial charge in [0.05, 0.1) is 20.8 Å². The fourth-order valence-corrected chi connectivity index (χ4v) is 4.73. The average Bonchev–Trinajstić information content (AvgIpc) is 3.39. The summed E-state index contributed by atoms with van der Waals surface area (Å²) in [5.41, 5.74) is 3.04. The second-order valence-corrected chi connectivity index (χ2v) is 8.76. The maximum absolute atomic E-state index is 13.0. The minimum absolute atomic E-state index is 0.161. The minimum Gasteiger partial charge on any atom is -0.493 e. The van der Waals surface area contributed by atoms with Crippen molar-refractivity contribution in [1.82, 2.24) is 24.9 Å². The van der Waals surface area contributed by atoms with Crippen molar-refractivity contribution in [3.8, 4) is 23.0 Å². The predicted octanol–water partition coefficient (Wildman–Crippen LogP) is 2.91. The molecule has 1 fully saturated rings. The quantitative estimate of drug-likeness (QED) is 0.551. The van der Waals surface area contributed by atoms with Crippen molar-refractivity contribution in [3.05, 3.63) is 53.5 Å². The molecule has 9 heteroatoms. The zero-order valence-electron chi connectivity index (χ0n) is 19.6. The summed E-state index contributed by atoms with van der Waals surface area (Å²) in [6.07, 6.45) is 4.31. The number of nitrogens with zero attached hydrogens (tertiary/aromatic N) is 5. The molecule has 4 heterocycles. The van der Waals surface area contributed by atoms with Gasteiger partial charge in [0.2, 0.25) is 17.6 Å². The lowest BCUT2D eigenvalue weighted by Gasteiger charge is -2.34. The van der Waals surface area contributed by atoms with Gasteiger partial charge < -0.3 is 18.9 Å². The molecular formula is C25H29N5O4. The fraction of sp³-hybridized carbons (Fsp3) is 0.440. The minimum atomic E-state index is 0.161. The molecule has 2 aromatic heterocycles. The van der Waals surface area contributed by atoms with Crippen LogP contribution in [-0.4, -0.2) is 71.2 Å². The maximum Gasteiger partial charge on any atom is 0.237 e. The summed E-state index contributed by atoms with van der Waals surface area (Å²) in [4.78, 5) is 26.0. The standard InChI is InChI=1S/C25H29N5O4/c1-32-21-13-18-8-12-30(15-19(18)14-22(21)33-2)23(31)16-29-10-6-17(7-11-29)25-27-24(28-34-25)20-5-3-4-9-26-20/h3-5,9,13-14,17H,6-8,10-12,15-16H2,1-2H3. The summed E-state index contributed by atoms with van der Waals surface area (Å²) < 4.78 is 16.4. The first-order valence-electron chi connectivity index (χ1n) is 11.6. The molecule has 3 aromatic rings. The number of ether oxygens (including phenoxy) is 2. The number of pyridine rings is 1. The van der Waals surface area contributed by atoms with Crippen molar-refractivity contribution < 1.29 is 18.8 Å². The van der Waals surface area contributed by atoms with Crippen LogP contribution in [0.2, 0.25) is 0 Å². The van der Waals surface area contributed by atoms with Gasteiger partial charge in [-0.05, 0) is 67.7 Å². The number of hydrogen-bond donors (Lipinski definition) is 0. The topological polar surface area (TPSA) is 93.8 Å². The van der Waals surface area contributed by atoms with E-state index in [0.717, 1.165) is 50.2 Å². The van der Waals surface area contributed by atoms with Crippen molar-refractivity contribution in [2.45, 2.75) is 31.7 Å². The Bertz CT molecular complexity index is 1140. The van der Waals surface area contributed by atoms with Crippen molar-refractivity contribution in [1.29, 1.82) is 0 Å². The van der Waals surface area contributed by atoms with Gasteiger partial charge in [0, 0.05) is 25.2 Å². The third-order valence-corrected chi connectivity index (χ3v) is 6.70.